The molecule has 2 aliphatic rings. The van der Waals surface area contributed by atoms with E-state index in [9.17, 15) is 14.4 Å². The van der Waals surface area contributed by atoms with Gasteiger partial charge in [-0.3, -0.25) is 19.9 Å². The first kappa shape index (κ1) is 27.8. The standard InChI is InChI=1S/C30H25ClN8O4/c1-43-29(42)34-22-7-8-23-18-11-12-32-26(14-18)30(16-20(30)3-2-4-27(40)35-24(23)15-22)36-28(41)10-5-19-13-21(31)6-9-25(19)39-17-33-37-38-39/h2-3,5-15,17,20H,4,16H2,1H3,(H,34,42)(H,35,40)(H,36,41)/b3-2+,10-5+. The molecule has 1 saturated carbocycles. The second kappa shape index (κ2) is 11.5. The molecule has 3 heterocycles. The Kier molecular flexibility index (Phi) is 7.43. The van der Waals surface area contributed by atoms with E-state index in [1.54, 1.807) is 54.7 Å². The second-order valence-corrected chi connectivity index (χ2v) is 10.5. The highest BCUT2D eigenvalue weighted by Gasteiger charge is 2.56. The van der Waals surface area contributed by atoms with Crippen molar-refractivity contribution < 1.29 is 19.1 Å². The van der Waals surface area contributed by atoms with Crippen molar-refractivity contribution in [3.8, 4) is 16.8 Å². The molecular weight excluding hydrogens is 572 g/mol. The second-order valence-electron chi connectivity index (χ2n) is 10.0. The summed E-state index contributed by atoms with van der Waals surface area (Å²) in [6, 6.07) is 14.1. The number of fused-ring (bicyclic) bond motifs is 6. The van der Waals surface area contributed by atoms with Crippen LogP contribution in [0.15, 0.2) is 79.3 Å². The number of carbonyl (C=O) groups is 3. The maximum absolute atomic E-state index is 13.3. The predicted octanol–water partition coefficient (Wildman–Crippen LogP) is 4.50. The molecule has 1 aliphatic carbocycles. The van der Waals surface area contributed by atoms with Gasteiger partial charge in [-0.1, -0.05) is 29.8 Å². The Morgan fingerprint density at radius 3 is 2.88 bits per heavy atom. The zero-order valence-electron chi connectivity index (χ0n) is 22.8. The maximum Gasteiger partial charge on any atom is 0.411 e. The number of tetrazole rings is 1. The number of halogens is 1. The van der Waals surface area contributed by atoms with Crippen molar-refractivity contribution in [2.45, 2.75) is 18.4 Å². The van der Waals surface area contributed by atoms with Gasteiger partial charge in [0.05, 0.1) is 29.7 Å². The molecule has 0 spiro atoms. The summed E-state index contributed by atoms with van der Waals surface area (Å²) >= 11 is 6.22. The van der Waals surface area contributed by atoms with E-state index in [4.69, 9.17) is 11.6 Å². The van der Waals surface area contributed by atoms with Crippen LogP contribution in [0.25, 0.3) is 22.9 Å². The van der Waals surface area contributed by atoms with E-state index < -0.39 is 11.6 Å². The topological polar surface area (TPSA) is 153 Å². The average Bonchev–Trinajstić information content (AvgIpc) is 3.40. The summed E-state index contributed by atoms with van der Waals surface area (Å²) in [4.78, 5) is 42.5. The number of amides is 3. The molecule has 12 nitrogen and oxygen atoms in total. The van der Waals surface area contributed by atoms with E-state index in [-0.39, 0.29) is 24.2 Å². The third kappa shape index (κ3) is 5.86. The van der Waals surface area contributed by atoms with Gasteiger partial charge in [0, 0.05) is 46.4 Å². The van der Waals surface area contributed by atoms with E-state index in [0.717, 1.165) is 11.1 Å². The molecule has 6 rings (SSSR count). The number of carbonyl (C=O) groups excluding carboxylic acids is 3. The molecule has 0 saturated heterocycles. The van der Waals surface area contributed by atoms with Gasteiger partial charge in [0.1, 0.15) is 6.33 Å². The lowest BCUT2D eigenvalue weighted by Gasteiger charge is -2.20. The molecule has 1 aliphatic heterocycles. The van der Waals surface area contributed by atoms with Crippen molar-refractivity contribution in [3.05, 3.63) is 95.6 Å². The maximum atomic E-state index is 13.3. The number of anilines is 2. The van der Waals surface area contributed by atoms with Crippen molar-refractivity contribution in [3.63, 3.8) is 0 Å². The normalized spacial score (nSPS) is 19.6. The first-order chi connectivity index (χ1) is 20.8. The lowest BCUT2D eigenvalue weighted by Crippen LogP contribution is -2.36. The third-order valence-electron chi connectivity index (χ3n) is 7.29. The number of hydrogen-bond donors (Lipinski definition) is 3. The van der Waals surface area contributed by atoms with Gasteiger partial charge in [0.25, 0.3) is 0 Å². The Hall–Kier alpha value is -5.36. The fourth-order valence-electron chi connectivity index (χ4n) is 5.12. The Bertz CT molecular complexity index is 1790. The molecule has 13 heteroatoms. The average molecular weight is 597 g/mol. The number of ether oxygens (including phenoxy) is 1. The van der Waals surface area contributed by atoms with Crippen LogP contribution in [0, 0.1) is 5.92 Å². The summed E-state index contributed by atoms with van der Waals surface area (Å²) in [6.45, 7) is 0. The van der Waals surface area contributed by atoms with Crippen LogP contribution in [0.3, 0.4) is 0 Å². The van der Waals surface area contributed by atoms with Crippen molar-refractivity contribution in [1.29, 1.82) is 0 Å². The highest BCUT2D eigenvalue weighted by Crippen LogP contribution is 2.53. The van der Waals surface area contributed by atoms with E-state index in [2.05, 4.69) is 41.2 Å². The Labute approximate surface area is 250 Å². The molecule has 43 heavy (non-hydrogen) atoms. The van der Waals surface area contributed by atoms with Crippen LogP contribution in [0.2, 0.25) is 5.02 Å². The van der Waals surface area contributed by atoms with E-state index in [0.29, 0.717) is 39.8 Å². The van der Waals surface area contributed by atoms with E-state index in [1.807, 2.05) is 18.2 Å². The Morgan fingerprint density at radius 2 is 2.07 bits per heavy atom. The molecule has 2 unspecified atom stereocenters. The monoisotopic (exact) mass is 596 g/mol. The minimum absolute atomic E-state index is 0.0612. The summed E-state index contributed by atoms with van der Waals surface area (Å²) in [7, 11) is 1.27. The Morgan fingerprint density at radius 1 is 1.19 bits per heavy atom. The molecular formula is C30H25ClN8O4. The molecule has 0 radical (unpaired) electrons. The highest BCUT2D eigenvalue weighted by molar-refractivity contribution is 6.30. The molecule has 3 N–H and O–H groups in total. The van der Waals surface area contributed by atoms with Crippen LogP contribution in [0.4, 0.5) is 16.2 Å². The lowest BCUT2D eigenvalue weighted by atomic mass is 9.99. The van der Waals surface area contributed by atoms with Gasteiger partial charge in [0.2, 0.25) is 11.8 Å². The van der Waals surface area contributed by atoms with Crippen molar-refractivity contribution in [2.24, 2.45) is 5.92 Å². The van der Waals surface area contributed by atoms with Gasteiger partial charge in [-0.05, 0) is 71.0 Å². The lowest BCUT2D eigenvalue weighted by molar-refractivity contribution is -0.117. The van der Waals surface area contributed by atoms with Crippen molar-refractivity contribution >= 4 is 47.0 Å². The summed E-state index contributed by atoms with van der Waals surface area (Å²) in [5.74, 6) is -0.607. The number of benzene rings is 2. The summed E-state index contributed by atoms with van der Waals surface area (Å²) < 4.78 is 6.17. The third-order valence-corrected chi connectivity index (χ3v) is 7.52. The SMILES string of the molecule is COC(=O)Nc1ccc2c(c1)NC(=O)C/C=C/C1CC1(NC(=O)/C=C/c1cc(Cl)ccc1-n1cnnn1)c1cc-2ccn1. The van der Waals surface area contributed by atoms with Crippen molar-refractivity contribution in [2.75, 3.05) is 17.7 Å². The molecule has 2 aromatic heterocycles. The van der Waals surface area contributed by atoms with Gasteiger partial charge in [-0.2, -0.15) is 4.68 Å². The van der Waals surface area contributed by atoms with Crippen LogP contribution < -0.4 is 16.0 Å². The number of rotatable bonds is 5. The number of hydrogen-bond acceptors (Lipinski definition) is 8. The highest BCUT2D eigenvalue weighted by atomic mass is 35.5. The summed E-state index contributed by atoms with van der Waals surface area (Å²) in [5.41, 5.74) is 3.73. The minimum Gasteiger partial charge on any atom is -0.453 e. The van der Waals surface area contributed by atoms with E-state index in [1.165, 1.54) is 24.2 Å². The molecule has 216 valence electrons. The number of aromatic nitrogens is 5. The summed E-state index contributed by atoms with van der Waals surface area (Å²) in [6.07, 6.45) is 10.1. The number of methoxy groups -OCH3 is 1. The zero-order chi connectivity index (χ0) is 30.0. The van der Waals surface area contributed by atoms with Crippen LogP contribution in [0.1, 0.15) is 24.1 Å². The number of nitrogens with one attached hydrogen (secondary N) is 3. The van der Waals surface area contributed by atoms with E-state index >= 15 is 0 Å². The first-order valence-electron chi connectivity index (χ1n) is 13.3. The van der Waals surface area contributed by atoms with Gasteiger partial charge >= 0.3 is 6.09 Å². The predicted molar refractivity (Wildman–Crippen MR) is 159 cm³/mol. The fraction of sp³-hybridized carbons (Fsp3) is 0.167. The molecule has 2 aromatic carbocycles. The smallest absolute Gasteiger partial charge is 0.411 e. The first-order valence-corrected chi connectivity index (χ1v) is 13.7. The Balaban J connectivity index is 1.32. The van der Waals surface area contributed by atoms with Crippen LogP contribution in [0.5, 0.6) is 0 Å². The zero-order valence-corrected chi connectivity index (χ0v) is 23.6. The van der Waals surface area contributed by atoms with Gasteiger partial charge < -0.3 is 15.4 Å². The van der Waals surface area contributed by atoms with Gasteiger partial charge in [-0.15, -0.1) is 5.10 Å². The fourth-order valence-corrected chi connectivity index (χ4v) is 5.30. The molecule has 4 aromatic rings. The van der Waals surface area contributed by atoms with Crippen molar-refractivity contribution in [1.82, 2.24) is 30.5 Å². The largest absolute Gasteiger partial charge is 0.453 e. The van der Waals surface area contributed by atoms with Gasteiger partial charge in [0.15, 0.2) is 0 Å². The quantitative estimate of drug-likeness (QED) is 0.225. The molecule has 1 fully saturated rings. The number of nitrogens with zero attached hydrogens (tertiary/aromatic N) is 5. The van der Waals surface area contributed by atoms with Crippen LogP contribution >= 0.6 is 11.6 Å². The summed E-state index contributed by atoms with van der Waals surface area (Å²) in [5, 5.41) is 20.5. The van der Waals surface area contributed by atoms with Crippen LogP contribution in [-0.2, 0) is 19.9 Å². The van der Waals surface area contributed by atoms with Crippen LogP contribution in [-0.4, -0.2) is 50.2 Å². The minimum atomic E-state index is -0.761. The number of pyridine rings is 1. The molecule has 2 bridgehead atoms. The van der Waals surface area contributed by atoms with Gasteiger partial charge in [-0.25, -0.2) is 4.79 Å². The molecule has 2 atom stereocenters. The molecule has 3 amide bonds.